The Labute approximate surface area is 178 Å². The molecule has 2 N–H and O–H groups in total. The van der Waals surface area contributed by atoms with Gasteiger partial charge in [0.25, 0.3) is 5.91 Å². The highest BCUT2D eigenvalue weighted by Gasteiger charge is 2.34. The highest BCUT2D eigenvalue weighted by Crippen LogP contribution is 2.37. The SMILES string of the molecule is O=C(CSc1ccc(Cl)cc1)Nc1ccc(NC(=O)c2ccco2)cc1C(F)(F)F. The van der Waals surface area contributed by atoms with Crippen molar-refractivity contribution in [1.29, 1.82) is 0 Å². The molecule has 1 heterocycles. The number of amides is 2. The number of halogens is 4. The first-order valence-electron chi connectivity index (χ1n) is 8.47. The van der Waals surface area contributed by atoms with Crippen LogP contribution in [0.5, 0.6) is 0 Å². The maximum atomic E-state index is 13.5. The van der Waals surface area contributed by atoms with Crippen LogP contribution >= 0.6 is 23.4 Å². The van der Waals surface area contributed by atoms with Crippen molar-refractivity contribution in [2.24, 2.45) is 0 Å². The fourth-order valence-corrected chi connectivity index (χ4v) is 3.26. The van der Waals surface area contributed by atoms with Crippen LogP contribution < -0.4 is 10.6 Å². The summed E-state index contributed by atoms with van der Waals surface area (Å²) < 4.78 is 45.3. The number of rotatable bonds is 6. The molecule has 0 bridgehead atoms. The highest BCUT2D eigenvalue weighted by atomic mass is 35.5. The van der Waals surface area contributed by atoms with E-state index in [1.54, 1.807) is 24.3 Å². The van der Waals surface area contributed by atoms with E-state index in [9.17, 15) is 22.8 Å². The van der Waals surface area contributed by atoms with Gasteiger partial charge in [0.15, 0.2) is 5.76 Å². The highest BCUT2D eigenvalue weighted by molar-refractivity contribution is 8.00. The van der Waals surface area contributed by atoms with Crippen molar-refractivity contribution in [3.05, 3.63) is 77.2 Å². The van der Waals surface area contributed by atoms with Crippen LogP contribution in [-0.2, 0) is 11.0 Å². The molecule has 0 saturated heterocycles. The molecule has 0 aliphatic rings. The lowest BCUT2D eigenvalue weighted by Gasteiger charge is -2.15. The number of hydrogen-bond acceptors (Lipinski definition) is 4. The molecule has 3 rings (SSSR count). The van der Waals surface area contributed by atoms with Crippen LogP contribution in [-0.4, -0.2) is 17.6 Å². The molecule has 5 nitrogen and oxygen atoms in total. The maximum absolute atomic E-state index is 13.5. The van der Waals surface area contributed by atoms with Crippen LogP contribution in [0.3, 0.4) is 0 Å². The van der Waals surface area contributed by atoms with Gasteiger partial charge in [-0.05, 0) is 54.6 Å². The summed E-state index contributed by atoms with van der Waals surface area (Å²) in [6.45, 7) is 0. The zero-order valence-corrected chi connectivity index (χ0v) is 16.7. The van der Waals surface area contributed by atoms with Gasteiger partial charge in [-0.3, -0.25) is 9.59 Å². The molecule has 0 aliphatic heterocycles. The molecule has 0 aliphatic carbocycles. The molecule has 2 amide bonds. The Morgan fingerprint density at radius 3 is 2.40 bits per heavy atom. The van der Waals surface area contributed by atoms with Crippen molar-refractivity contribution in [3.8, 4) is 0 Å². The lowest BCUT2D eigenvalue weighted by atomic mass is 10.1. The zero-order valence-electron chi connectivity index (χ0n) is 15.1. The largest absolute Gasteiger partial charge is 0.459 e. The predicted molar refractivity (Wildman–Crippen MR) is 109 cm³/mol. The molecule has 0 spiro atoms. The first kappa shape index (κ1) is 21.8. The van der Waals surface area contributed by atoms with E-state index < -0.39 is 29.2 Å². The molecule has 0 radical (unpaired) electrons. The number of thioether (sulfide) groups is 1. The van der Waals surface area contributed by atoms with E-state index in [0.29, 0.717) is 5.02 Å². The summed E-state index contributed by atoms with van der Waals surface area (Å²) in [6, 6.07) is 12.7. The molecule has 2 aromatic carbocycles. The van der Waals surface area contributed by atoms with Gasteiger partial charge in [-0.25, -0.2) is 0 Å². The molecular weight excluding hydrogens is 441 g/mol. The molecule has 0 unspecified atom stereocenters. The number of carbonyl (C=O) groups excluding carboxylic acids is 2. The van der Waals surface area contributed by atoms with Crippen molar-refractivity contribution in [2.75, 3.05) is 16.4 Å². The number of carbonyl (C=O) groups is 2. The average Bonchev–Trinajstić information content (AvgIpc) is 3.23. The standard InChI is InChI=1S/C20H14ClF3N2O3S/c21-12-3-6-14(7-4-12)30-11-18(27)26-16-8-5-13(10-15(16)20(22,23)24)25-19(28)17-2-1-9-29-17/h1-10H,11H2,(H,25,28)(H,26,27). The van der Waals surface area contributed by atoms with Gasteiger partial charge in [0, 0.05) is 15.6 Å². The lowest BCUT2D eigenvalue weighted by Crippen LogP contribution is -2.19. The third kappa shape index (κ3) is 5.80. The molecular formula is C20H14ClF3N2O3S. The molecule has 3 aromatic rings. The van der Waals surface area contributed by atoms with Crippen molar-refractivity contribution >= 4 is 46.6 Å². The van der Waals surface area contributed by atoms with Crippen molar-refractivity contribution in [1.82, 2.24) is 0 Å². The van der Waals surface area contributed by atoms with E-state index in [-0.39, 0.29) is 17.2 Å². The van der Waals surface area contributed by atoms with Gasteiger partial charge in [0.05, 0.1) is 23.3 Å². The number of furan rings is 1. The third-order valence-corrected chi connectivity index (χ3v) is 5.05. The first-order valence-corrected chi connectivity index (χ1v) is 9.83. The van der Waals surface area contributed by atoms with Crippen LogP contribution in [0.1, 0.15) is 16.1 Å². The normalized spacial score (nSPS) is 11.2. The van der Waals surface area contributed by atoms with E-state index in [1.807, 2.05) is 0 Å². The lowest BCUT2D eigenvalue weighted by molar-refractivity contribution is -0.136. The Morgan fingerprint density at radius 1 is 1.03 bits per heavy atom. The topological polar surface area (TPSA) is 71.3 Å². The Balaban J connectivity index is 1.71. The minimum atomic E-state index is -4.74. The van der Waals surface area contributed by atoms with E-state index in [1.165, 1.54) is 24.5 Å². The third-order valence-electron chi connectivity index (χ3n) is 3.79. The summed E-state index contributed by atoms with van der Waals surface area (Å²) in [7, 11) is 0. The van der Waals surface area contributed by atoms with Crippen molar-refractivity contribution in [2.45, 2.75) is 11.1 Å². The van der Waals surface area contributed by atoms with Gasteiger partial charge in [0.1, 0.15) is 0 Å². The van der Waals surface area contributed by atoms with E-state index in [4.69, 9.17) is 16.0 Å². The van der Waals surface area contributed by atoms with Gasteiger partial charge in [-0.2, -0.15) is 13.2 Å². The number of benzene rings is 2. The average molecular weight is 455 g/mol. The summed E-state index contributed by atoms with van der Waals surface area (Å²) in [4.78, 5) is 24.9. The number of hydrogen-bond donors (Lipinski definition) is 2. The number of alkyl halides is 3. The fourth-order valence-electron chi connectivity index (χ4n) is 2.43. The van der Waals surface area contributed by atoms with Crippen LogP contribution in [0, 0.1) is 0 Å². The van der Waals surface area contributed by atoms with Crippen LogP contribution in [0.25, 0.3) is 0 Å². The molecule has 10 heteroatoms. The Hall–Kier alpha value is -2.91. The second-order valence-electron chi connectivity index (χ2n) is 5.98. The summed E-state index contributed by atoms with van der Waals surface area (Å²) in [5.74, 6) is -1.42. The second kappa shape index (κ2) is 9.27. The number of nitrogens with one attached hydrogen (secondary N) is 2. The zero-order chi connectivity index (χ0) is 21.7. The minimum Gasteiger partial charge on any atom is -0.459 e. The van der Waals surface area contributed by atoms with Gasteiger partial charge < -0.3 is 15.1 Å². The summed E-state index contributed by atoms with van der Waals surface area (Å²) >= 11 is 6.95. The second-order valence-corrected chi connectivity index (χ2v) is 7.47. The Bertz CT molecular complexity index is 1040. The van der Waals surface area contributed by atoms with Crippen LogP contribution in [0.2, 0.25) is 5.02 Å². The summed E-state index contributed by atoms with van der Waals surface area (Å²) in [5, 5.41) is 5.14. The maximum Gasteiger partial charge on any atom is 0.418 e. The first-order chi connectivity index (χ1) is 14.2. The van der Waals surface area contributed by atoms with E-state index >= 15 is 0 Å². The smallest absolute Gasteiger partial charge is 0.418 e. The van der Waals surface area contributed by atoms with E-state index in [0.717, 1.165) is 28.8 Å². The van der Waals surface area contributed by atoms with Crippen LogP contribution in [0.4, 0.5) is 24.5 Å². The Morgan fingerprint density at radius 2 is 1.77 bits per heavy atom. The number of anilines is 2. The summed E-state index contributed by atoms with van der Waals surface area (Å²) in [6.07, 6.45) is -3.46. The quantitative estimate of drug-likeness (QED) is 0.452. The van der Waals surface area contributed by atoms with Crippen LogP contribution in [0.15, 0.2) is 70.2 Å². The molecule has 0 saturated carbocycles. The minimum absolute atomic E-state index is 0.0415. The van der Waals surface area contributed by atoms with Gasteiger partial charge in [-0.15, -0.1) is 11.8 Å². The molecule has 0 fully saturated rings. The van der Waals surface area contributed by atoms with E-state index in [2.05, 4.69) is 10.6 Å². The van der Waals surface area contributed by atoms with Crippen molar-refractivity contribution in [3.63, 3.8) is 0 Å². The fraction of sp³-hybridized carbons (Fsp3) is 0.100. The van der Waals surface area contributed by atoms with Gasteiger partial charge in [-0.1, -0.05) is 11.6 Å². The molecule has 156 valence electrons. The van der Waals surface area contributed by atoms with Gasteiger partial charge in [0.2, 0.25) is 5.91 Å². The molecule has 0 atom stereocenters. The van der Waals surface area contributed by atoms with Crippen molar-refractivity contribution < 1.29 is 27.2 Å². The monoisotopic (exact) mass is 454 g/mol. The molecule has 1 aromatic heterocycles. The Kier molecular flexibility index (Phi) is 6.73. The molecule has 30 heavy (non-hydrogen) atoms. The van der Waals surface area contributed by atoms with Gasteiger partial charge >= 0.3 is 6.18 Å². The predicted octanol–water partition coefficient (Wildman–Crippen LogP) is 5.93. The summed E-state index contributed by atoms with van der Waals surface area (Å²) in [5.41, 5.74) is -1.57.